The fourth-order valence-corrected chi connectivity index (χ4v) is 1.45. The lowest BCUT2D eigenvalue weighted by atomic mass is 10.1. The minimum atomic E-state index is 0.741. The Balaban J connectivity index is 3.44. The Kier molecular flexibility index (Phi) is 2.31. The van der Waals surface area contributed by atoms with E-state index in [0.717, 1.165) is 21.2 Å². The standard InChI is InChI=1S/C9H8BrN/c1-6-3-4-7(2)9(10)8(6)5-11/h3-4H,1-2H3. The Hall–Kier alpha value is -0.810. The summed E-state index contributed by atoms with van der Waals surface area (Å²) in [6.45, 7) is 3.91. The Morgan fingerprint density at radius 3 is 2.27 bits per heavy atom. The third-order valence-corrected chi connectivity index (χ3v) is 2.68. The molecule has 0 saturated heterocycles. The first-order chi connectivity index (χ1) is 5.16. The summed E-state index contributed by atoms with van der Waals surface area (Å²) in [6, 6.07) is 6.11. The number of benzene rings is 1. The molecule has 1 aromatic carbocycles. The van der Waals surface area contributed by atoms with Crippen LogP contribution in [0.15, 0.2) is 16.6 Å². The van der Waals surface area contributed by atoms with Crippen LogP contribution in [0.2, 0.25) is 0 Å². The first kappa shape index (κ1) is 8.29. The molecule has 0 heterocycles. The van der Waals surface area contributed by atoms with E-state index in [1.165, 1.54) is 0 Å². The van der Waals surface area contributed by atoms with Gasteiger partial charge in [0.25, 0.3) is 0 Å². The van der Waals surface area contributed by atoms with Gasteiger partial charge in [-0.2, -0.15) is 5.26 Å². The lowest BCUT2D eigenvalue weighted by Crippen LogP contribution is -1.86. The van der Waals surface area contributed by atoms with Crippen molar-refractivity contribution in [2.75, 3.05) is 0 Å². The SMILES string of the molecule is Cc1ccc(C)c(C#N)c1Br. The van der Waals surface area contributed by atoms with Gasteiger partial charge in [0, 0.05) is 4.47 Å². The summed E-state index contributed by atoms with van der Waals surface area (Å²) in [7, 11) is 0. The summed E-state index contributed by atoms with van der Waals surface area (Å²) >= 11 is 3.37. The van der Waals surface area contributed by atoms with Gasteiger partial charge in [0.05, 0.1) is 5.56 Å². The number of rotatable bonds is 0. The van der Waals surface area contributed by atoms with Gasteiger partial charge in [-0.05, 0) is 40.9 Å². The zero-order valence-electron chi connectivity index (χ0n) is 6.48. The summed E-state index contributed by atoms with van der Waals surface area (Å²) < 4.78 is 0.917. The average Bonchev–Trinajstić information content (AvgIpc) is 1.99. The maximum Gasteiger partial charge on any atom is 0.101 e. The van der Waals surface area contributed by atoms with Gasteiger partial charge >= 0.3 is 0 Å². The van der Waals surface area contributed by atoms with Crippen LogP contribution in [0, 0.1) is 25.2 Å². The molecule has 1 aromatic rings. The van der Waals surface area contributed by atoms with E-state index in [1.54, 1.807) is 0 Å². The van der Waals surface area contributed by atoms with Crippen LogP contribution in [-0.2, 0) is 0 Å². The van der Waals surface area contributed by atoms with E-state index in [-0.39, 0.29) is 0 Å². The van der Waals surface area contributed by atoms with Gasteiger partial charge in [-0.1, -0.05) is 12.1 Å². The van der Waals surface area contributed by atoms with Crippen molar-refractivity contribution in [1.82, 2.24) is 0 Å². The van der Waals surface area contributed by atoms with E-state index >= 15 is 0 Å². The smallest absolute Gasteiger partial charge is 0.101 e. The van der Waals surface area contributed by atoms with Gasteiger partial charge in [0.1, 0.15) is 6.07 Å². The molecule has 56 valence electrons. The Morgan fingerprint density at radius 2 is 1.82 bits per heavy atom. The van der Waals surface area contributed by atoms with E-state index in [2.05, 4.69) is 22.0 Å². The molecule has 0 fully saturated rings. The minimum absolute atomic E-state index is 0.741. The van der Waals surface area contributed by atoms with E-state index in [4.69, 9.17) is 5.26 Å². The van der Waals surface area contributed by atoms with Gasteiger partial charge in [-0.25, -0.2) is 0 Å². The van der Waals surface area contributed by atoms with Gasteiger partial charge < -0.3 is 0 Å². The number of aryl methyl sites for hydroxylation is 2. The normalized spacial score (nSPS) is 9.27. The topological polar surface area (TPSA) is 23.8 Å². The molecule has 2 heteroatoms. The Bertz CT molecular complexity index is 323. The average molecular weight is 210 g/mol. The fourth-order valence-electron chi connectivity index (χ4n) is 0.914. The molecule has 0 radical (unpaired) electrons. The van der Waals surface area contributed by atoms with Crippen molar-refractivity contribution in [3.05, 3.63) is 33.3 Å². The zero-order chi connectivity index (χ0) is 8.43. The molecule has 1 nitrogen and oxygen atoms in total. The van der Waals surface area contributed by atoms with Gasteiger partial charge in [-0.15, -0.1) is 0 Å². The Morgan fingerprint density at radius 1 is 1.27 bits per heavy atom. The maximum atomic E-state index is 8.74. The van der Waals surface area contributed by atoms with Crippen molar-refractivity contribution in [1.29, 1.82) is 5.26 Å². The molecule has 0 aliphatic heterocycles. The molecule has 0 aromatic heterocycles. The fraction of sp³-hybridized carbons (Fsp3) is 0.222. The van der Waals surface area contributed by atoms with Crippen molar-refractivity contribution in [2.45, 2.75) is 13.8 Å². The van der Waals surface area contributed by atoms with E-state index < -0.39 is 0 Å². The van der Waals surface area contributed by atoms with Crippen molar-refractivity contribution >= 4 is 15.9 Å². The highest BCUT2D eigenvalue weighted by Crippen LogP contribution is 2.23. The molecule has 0 N–H and O–H groups in total. The Labute approximate surface area is 74.8 Å². The van der Waals surface area contributed by atoms with Crippen molar-refractivity contribution in [3.63, 3.8) is 0 Å². The largest absolute Gasteiger partial charge is 0.192 e. The lowest BCUT2D eigenvalue weighted by Gasteiger charge is -2.02. The van der Waals surface area contributed by atoms with Crippen LogP contribution in [0.4, 0.5) is 0 Å². The molecule has 0 spiro atoms. The second kappa shape index (κ2) is 3.06. The molecule has 0 aliphatic rings. The first-order valence-corrected chi connectivity index (χ1v) is 4.12. The van der Waals surface area contributed by atoms with Gasteiger partial charge in [0.15, 0.2) is 0 Å². The highest BCUT2D eigenvalue weighted by Gasteiger charge is 2.03. The van der Waals surface area contributed by atoms with E-state index in [1.807, 2.05) is 26.0 Å². The van der Waals surface area contributed by atoms with E-state index in [0.29, 0.717) is 0 Å². The summed E-state index contributed by atoms with van der Waals surface area (Å²) in [5, 5.41) is 8.74. The molecule has 0 bridgehead atoms. The third kappa shape index (κ3) is 1.44. The summed E-state index contributed by atoms with van der Waals surface area (Å²) in [5.41, 5.74) is 2.86. The van der Waals surface area contributed by atoms with Crippen molar-refractivity contribution in [3.8, 4) is 6.07 Å². The zero-order valence-corrected chi connectivity index (χ0v) is 8.07. The van der Waals surface area contributed by atoms with Crippen LogP contribution in [-0.4, -0.2) is 0 Å². The van der Waals surface area contributed by atoms with Crippen LogP contribution < -0.4 is 0 Å². The second-order valence-electron chi connectivity index (χ2n) is 2.50. The van der Waals surface area contributed by atoms with Crippen LogP contribution in [0.1, 0.15) is 16.7 Å². The highest BCUT2D eigenvalue weighted by molar-refractivity contribution is 9.10. The molecular weight excluding hydrogens is 202 g/mol. The number of hydrogen-bond donors (Lipinski definition) is 0. The van der Waals surface area contributed by atoms with Crippen molar-refractivity contribution < 1.29 is 0 Å². The predicted octanol–water partition coefficient (Wildman–Crippen LogP) is 2.94. The quantitative estimate of drug-likeness (QED) is 0.645. The van der Waals surface area contributed by atoms with E-state index in [9.17, 15) is 0 Å². The van der Waals surface area contributed by atoms with Crippen LogP contribution in [0.5, 0.6) is 0 Å². The molecule has 1 rings (SSSR count). The molecule has 0 aliphatic carbocycles. The van der Waals surface area contributed by atoms with Gasteiger partial charge in [0.2, 0.25) is 0 Å². The lowest BCUT2D eigenvalue weighted by molar-refractivity contribution is 1.32. The number of halogens is 1. The van der Waals surface area contributed by atoms with Gasteiger partial charge in [-0.3, -0.25) is 0 Å². The molecule has 11 heavy (non-hydrogen) atoms. The molecule has 0 amide bonds. The van der Waals surface area contributed by atoms with Crippen LogP contribution in [0.25, 0.3) is 0 Å². The van der Waals surface area contributed by atoms with Crippen molar-refractivity contribution in [2.24, 2.45) is 0 Å². The first-order valence-electron chi connectivity index (χ1n) is 3.32. The molecule has 0 unspecified atom stereocenters. The molecule has 0 saturated carbocycles. The highest BCUT2D eigenvalue weighted by atomic mass is 79.9. The monoisotopic (exact) mass is 209 g/mol. The van der Waals surface area contributed by atoms with Crippen LogP contribution in [0.3, 0.4) is 0 Å². The predicted molar refractivity (Wildman–Crippen MR) is 48.3 cm³/mol. The summed E-state index contributed by atoms with van der Waals surface area (Å²) in [4.78, 5) is 0. The molecular formula is C9H8BrN. The minimum Gasteiger partial charge on any atom is -0.192 e. The summed E-state index contributed by atoms with van der Waals surface area (Å²) in [6.07, 6.45) is 0. The third-order valence-electron chi connectivity index (χ3n) is 1.66. The number of hydrogen-bond acceptors (Lipinski definition) is 1. The maximum absolute atomic E-state index is 8.74. The summed E-state index contributed by atoms with van der Waals surface area (Å²) in [5.74, 6) is 0. The number of nitriles is 1. The van der Waals surface area contributed by atoms with Crippen LogP contribution >= 0.6 is 15.9 Å². The second-order valence-corrected chi connectivity index (χ2v) is 3.29. The number of nitrogens with zero attached hydrogens (tertiary/aromatic N) is 1. The molecule has 0 atom stereocenters.